The molecule has 12 nitrogen and oxygen atoms in total. The van der Waals surface area contributed by atoms with Crippen LogP contribution >= 0.6 is 0 Å². The largest absolute Gasteiger partial charge is 0.450 e. The van der Waals surface area contributed by atoms with E-state index in [9.17, 15) is 19.2 Å². The van der Waals surface area contributed by atoms with Gasteiger partial charge < -0.3 is 30.9 Å². The van der Waals surface area contributed by atoms with Crippen molar-refractivity contribution in [2.75, 3.05) is 38.1 Å². The van der Waals surface area contributed by atoms with Crippen LogP contribution in [-0.4, -0.2) is 82.4 Å². The summed E-state index contributed by atoms with van der Waals surface area (Å²) in [4.78, 5) is 62.6. The zero-order valence-corrected chi connectivity index (χ0v) is 22.8. The van der Waals surface area contributed by atoms with Crippen molar-refractivity contribution in [3.8, 4) is 11.4 Å². The Hall–Kier alpha value is -5.00. The quantitative estimate of drug-likeness (QED) is 0.340. The van der Waals surface area contributed by atoms with Gasteiger partial charge in [-0.1, -0.05) is 60.7 Å². The predicted molar refractivity (Wildman–Crippen MR) is 151 cm³/mol. The van der Waals surface area contributed by atoms with Gasteiger partial charge in [0.15, 0.2) is 5.82 Å². The molecule has 214 valence electrons. The van der Waals surface area contributed by atoms with Gasteiger partial charge in [0.1, 0.15) is 17.6 Å². The Morgan fingerprint density at radius 1 is 0.927 bits per heavy atom. The Morgan fingerprint density at radius 3 is 2.20 bits per heavy atom. The summed E-state index contributed by atoms with van der Waals surface area (Å²) < 4.78 is 5.02. The first-order chi connectivity index (χ1) is 19.8. The summed E-state index contributed by atoms with van der Waals surface area (Å²) in [5.41, 5.74) is 7.17. The van der Waals surface area contributed by atoms with E-state index in [4.69, 9.17) is 10.5 Å². The maximum atomic E-state index is 13.4. The number of carbonyl (C=O) groups excluding carboxylic acids is 4. The van der Waals surface area contributed by atoms with Crippen LogP contribution in [0.1, 0.15) is 29.4 Å². The maximum Gasteiger partial charge on any atom is 0.409 e. The molecule has 0 unspecified atom stereocenters. The Labute approximate surface area is 237 Å². The first-order valence-electron chi connectivity index (χ1n) is 13.4. The lowest BCUT2D eigenvalue weighted by Crippen LogP contribution is -2.56. The minimum absolute atomic E-state index is 0.0174. The minimum Gasteiger partial charge on any atom is -0.450 e. The molecule has 0 aliphatic carbocycles. The number of primary amides is 1. The van der Waals surface area contributed by atoms with Gasteiger partial charge in [0.2, 0.25) is 11.8 Å². The molecule has 2 aromatic carbocycles. The van der Waals surface area contributed by atoms with E-state index < -0.39 is 36.3 Å². The molecule has 0 bridgehead atoms. The zero-order valence-electron chi connectivity index (χ0n) is 22.8. The third-order valence-electron chi connectivity index (χ3n) is 6.43. The summed E-state index contributed by atoms with van der Waals surface area (Å²) in [6.45, 7) is 3.42. The highest BCUT2D eigenvalue weighted by molar-refractivity contribution is 5.98. The van der Waals surface area contributed by atoms with Crippen LogP contribution in [0.5, 0.6) is 0 Å². The van der Waals surface area contributed by atoms with Gasteiger partial charge >= 0.3 is 6.09 Å². The molecule has 0 spiro atoms. The first-order valence-corrected chi connectivity index (χ1v) is 13.4. The predicted octanol–water partition coefficient (Wildman–Crippen LogP) is 2.03. The average Bonchev–Trinajstić information content (AvgIpc) is 3.00. The Morgan fingerprint density at radius 2 is 1.56 bits per heavy atom. The van der Waals surface area contributed by atoms with Gasteiger partial charge in [-0.25, -0.2) is 14.8 Å². The lowest BCUT2D eigenvalue weighted by molar-refractivity contribution is -0.136. The molecule has 1 aromatic heterocycles. The van der Waals surface area contributed by atoms with Crippen molar-refractivity contribution in [3.05, 3.63) is 78.0 Å². The molecule has 0 saturated carbocycles. The van der Waals surface area contributed by atoms with Gasteiger partial charge in [-0.3, -0.25) is 14.4 Å². The van der Waals surface area contributed by atoms with E-state index in [1.807, 2.05) is 60.7 Å². The van der Waals surface area contributed by atoms with Crippen LogP contribution in [0, 0.1) is 0 Å². The van der Waals surface area contributed by atoms with Gasteiger partial charge in [0, 0.05) is 44.4 Å². The van der Waals surface area contributed by atoms with E-state index in [1.165, 1.54) is 15.9 Å². The number of hydrogen-bond acceptors (Lipinski definition) is 8. The SMILES string of the molecule is CCOC(=O)N1CCN(C(=O)[C@H](CC(N)=O)NC(=O)c2cc(NCc3ccccc3)nc(-c3ccccc3)n2)CC1. The fourth-order valence-electron chi connectivity index (χ4n) is 4.34. The van der Waals surface area contributed by atoms with Crippen molar-refractivity contribution in [3.63, 3.8) is 0 Å². The zero-order chi connectivity index (χ0) is 29.2. The first kappa shape index (κ1) is 29.0. The number of hydrogen-bond donors (Lipinski definition) is 3. The number of rotatable bonds is 10. The number of anilines is 1. The van der Waals surface area contributed by atoms with Crippen LogP contribution in [0.3, 0.4) is 0 Å². The average molecular weight is 560 g/mol. The molecule has 41 heavy (non-hydrogen) atoms. The Kier molecular flexibility index (Phi) is 9.81. The van der Waals surface area contributed by atoms with Gasteiger partial charge in [-0.15, -0.1) is 0 Å². The number of nitrogens with one attached hydrogen (secondary N) is 2. The fraction of sp³-hybridized carbons (Fsp3) is 0.310. The van der Waals surface area contributed by atoms with E-state index in [1.54, 1.807) is 6.92 Å². The third kappa shape index (κ3) is 8.01. The molecular formula is C29H33N7O5. The maximum absolute atomic E-state index is 13.4. The lowest BCUT2D eigenvalue weighted by atomic mass is 10.1. The van der Waals surface area contributed by atoms with Gasteiger partial charge in [0.25, 0.3) is 5.91 Å². The lowest BCUT2D eigenvalue weighted by Gasteiger charge is -2.35. The molecule has 3 aromatic rings. The molecule has 4 N–H and O–H groups in total. The van der Waals surface area contributed by atoms with Crippen molar-refractivity contribution in [1.29, 1.82) is 0 Å². The molecule has 1 aliphatic heterocycles. The normalized spacial score (nSPS) is 13.7. The Balaban J connectivity index is 1.52. The van der Waals surface area contributed by atoms with Crippen LogP contribution in [-0.2, 0) is 20.9 Å². The molecule has 12 heteroatoms. The number of nitrogens with two attached hydrogens (primary N) is 1. The summed E-state index contributed by atoms with van der Waals surface area (Å²) in [5, 5.41) is 5.87. The second-order valence-corrected chi connectivity index (χ2v) is 9.37. The molecule has 1 atom stereocenters. The van der Waals surface area contributed by atoms with E-state index in [0.717, 1.165) is 5.56 Å². The second-order valence-electron chi connectivity index (χ2n) is 9.37. The van der Waals surface area contributed by atoms with Crippen LogP contribution in [0.2, 0.25) is 0 Å². The summed E-state index contributed by atoms with van der Waals surface area (Å²) in [7, 11) is 0. The molecule has 4 amide bonds. The molecule has 1 fully saturated rings. The summed E-state index contributed by atoms with van der Waals surface area (Å²) >= 11 is 0. The number of ether oxygens (including phenoxy) is 1. The number of aromatic nitrogens is 2. The third-order valence-corrected chi connectivity index (χ3v) is 6.43. The van der Waals surface area contributed by atoms with Gasteiger partial charge in [-0.2, -0.15) is 0 Å². The van der Waals surface area contributed by atoms with Crippen LogP contribution in [0.4, 0.5) is 10.6 Å². The fourth-order valence-corrected chi connectivity index (χ4v) is 4.34. The van der Waals surface area contributed by atoms with Gasteiger partial charge in [0.05, 0.1) is 13.0 Å². The smallest absolute Gasteiger partial charge is 0.409 e. The van der Waals surface area contributed by atoms with Crippen LogP contribution in [0.15, 0.2) is 66.7 Å². The summed E-state index contributed by atoms with van der Waals surface area (Å²) in [6, 6.07) is 19.2. The standard InChI is InChI=1S/C29H33N7O5/c1-2-41-29(40)36-15-13-35(14-16-36)28(39)23(17-24(30)37)33-27(38)22-18-25(31-19-20-9-5-3-6-10-20)34-26(32-22)21-11-7-4-8-12-21/h3-12,18,23H,2,13-17,19H2,1H3,(H2,30,37)(H,33,38)(H,31,32,34)/t23-/m0/s1. The highest BCUT2D eigenvalue weighted by Gasteiger charge is 2.32. The highest BCUT2D eigenvalue weighted by atomic mass is 16.6. The molecule has 4 rings (SSSR count). The van der Waals surface area contributed by atoms with Crippen molar-refractivity contribution >= 4 is 29.6 Å². The van der Waals surface area contributed by atoms with Crippen LogP contribution < -0.4 is 16.4 Å². The van der Waals surface area contributed by atoms with Crippen molar-refractivity contribution < 1.29 is 23.9 Å². The summed E-state index contributed by atoms with van der Waals surface area (Å²) in [6.07, 6.45) is -0.838. The molecule has 0 radical (unpaired) electrons. The van der Waals surface area contributed by atoms with Gasteiger partial charge in [-0.05, 0) is 12.5 Å². The van der Waals surface area contributed by atoms with Crippen molar-refractivity contribution in [1.82, 2.24) is 25.1 Å². The minimum atomic E-state index is -1.20. The van der Waals surface area contributed by atoms with Crippen LogP contribution in [0.25, 0.3) is 11.4 Å². The van der Waals surface area contributed by atoms with E-state index in [-0.39, 0.29) is 38.5 Å². The molecule has 1 saturated heterocycles. The number of nitrogens with zero attached hydrogens (tertiary/aromatic N) is 4. The Bertz CT molecular complexity index is 1360. The molecule has 1 aliphatic rings. The number of carbonyl (C=O) groups is 4. The monoisotopic (exact) mass is 559 g/mol. The highest BCUT2D eigenvalue weighted by Crippen LogP contribution is 2.19. The second kappa shape index (κ2) is 13.9. The topological polar surface area (TPSA) is 160 Å². The molecule has 2 heterocycles. The molecular weight excluding hydrogens is 526 g/mol. The van der Waals surface area contributed by atoms with E-state index in [2.05, 4.69) is 20.6 Å². The van der Waals surface area contributed by atoms with E-state index in [0.29, 0.717) is 23.8 Å². The number of amides is 4. The number of piperazine rings is 1. The summed E-state index contributed by atoms with van der Waals surface area (Å²) in [5.74, 6) is -1.13. The van der Waals surface area contributed by atoms with Crippen molar-refractivity contribution in [2.24, 2.45) is 5.73 Å². The van der Waals surface area contributed by atoms with Crippen molar-refractivity contribution in [2.45, 2.75) is 25.9 Å². The van der Waals surface area contributed by atoms with E-state index >= 15 is 0 Å². The number of benzene rings is 2.